The molecule has 0 aliphatic rings. The van der Waals surface area contributed by atoms with Crippen LogP contribution in [-0.2, 0) is 15.7 Å². The molecular formula is C28H43NO3SeSi. The van der Waals surface area contributed by atoms with Gasteiger partial charge >= 0.3 is 215 Å². The van der Waals surface area contributed by atoms with Crippen molar-refractivity contribution in [2.24, 2.45) is 0 Å². The third kappa shape index (κ3) is 7.21. The topological polar surface area (TPSA) is 38.8 Å². The van der Waals surface area contributed by atoms with Crippen molar-refractivity contribution in [2.75, 3.05) is 6.61 Å². The van der Waals surface area contributed by atoms with E-state index in [0.29, 0.717) is 29.8 Å². The predicted molar refractivity (Wildman–Crippen MR) is 146 cm³/mol. The number of rotatable bonds is 12. The zero-order valence-corrected chi connectivity index (χ0v) is 24.9. The number of ether oxygens (including phenoxy) is 1. The number of amides is 1. The summed E-state index contributed by atoms with van der Waals surface area (Å²) in [6, 6.07) is 20.7. The summed E-state index contributed by atoms with van der Waals surface area (Å²) < 4.78 is 14.0. The zero-order chi connectivity index (χ0) is 25.3. The Labute approximate surface area is 214 Å². The predicted octanol–water partition coefficient (Wildman–Crippen LogP) is 6.58. The van der Waals surface area contributed by atoms with Gasteiger partial charge in [0, 0.05) is 0 Å². The quantitative estimate of drug-likeness (QED) is 0.281. The van der Waals surface area contributed by atoms with Crippen molar-refractivity contribution in [3.8, 4) is 0 Å². The van der Waals surface area contributed by atoms with Gasteiger partial charge in [0.15, 0.2) is 0 Å². The van der Waals surface area contributed by atoms with Crippen molar-refractivity contribution in [1.29, 1.82) is 0 Å². The van der Waals surface area contributed by atoms with E-state index in [1.54, 1.807) is 0 Å². The fourth-order valence-electron chi connectivity index (χ4n) is 5.08. The van der Waals surface area contributed by atoms with Crippen LogP contribution in [0.3, 0.4) is 0 Å². The first-order chi connectivity index (χ1) is 16.1. The first kappa shape index (κ1) is 28.6. The maximum atomic E-state index is 13.3. The van der Waals surface area contributed by atoms with E-state index in [4.69, 9.17) is 9.16 Å². The Balaban J connectivity index is 2.51. The molecule has 0 unspecified atom stereocenters. The van der Waals surface area contributed by atoms with E-state index in [9.17, 15) is 4.79 Å². The van der Waals surface area contributed by atoms with E-state index >= 15 is 0 Å². The average Bonchev–Trinajstić information content (AvgIpc) is 2.80. The van der Waals surface area contributed by atoms with Gasteiger partial charge in [-0.25, -0.2) is 0 Å². The van der Waals surface area contributed by atoms with Gasteiger partial charge in [0.2, 0.25) is 0 Å². The van der Waals surface area contributed by atoms with Gasteiger partial charge in [0.1, 0.15) is 0 Å². The number of hydrogen-bond donors (Lipinski definition) is 0. The summed E-state index contributed by atoms with van der Waals surface area (Å²) in [5.74, 6) is 0. The fraction of sp³-hybridized carbons (Fsp3) is 0.536. The molecule has 0 heterocycles. The van der Waals surface area contributed by atoms with Crippen LogP contribution in [0.5, 0.6) is 0 Å². The Morgan fingerprint density at radius 2 is 1.35 bits per heavy atom. The summed E-state index contributed by atoms with van der Waals surface area (Å²) in [7, 11) is -2.13. The van der Waals surface area contributed by atoms with E-state index in [0.717, 1.165) is 5.56 Å². The molecule has 2 aromatic rings. The normalized spacial score (nSPS) is 13.9. The van der Waals surface area contributed by atoms with E-state index in [-0.39, 0.29) is 32.1 Å². The average molecular weight is 549 g/mol. The standard InChI is InChI=1S/C28H43NO3SeSi/c1-9-31-28(30)29(20-25-16-12-10-13-17-25)27(33-26-18-14-11-15-19-26)24(8)32-34(21(2)3,22(4)5)23(6)7/h10-19,21-24,27H,9,20H2,1-8H3/t24-,27+/m0/s1. The van der Waals surface area contributed by atoms with Crippen LogP contribution < -0.4 is 4.46 Å². The van der Waals surface area contributed by atoms with Gasteiger partial charge in [-0.1, -0.05) is 0 Å². The third-order valence-electron chi connectivity index (χ3n) is 6.50. The van der Waals surface area contributed by atoms with E-state index < -0.39 is 8.32 Å². The molecule has 2 atom stereocenters. The van der Waals surface area contributed by atoms with Gasteiger partial charge in [-0.3, -0.25) is 0 Å². The number of carbonyl (C=O) groups excluding carboxylic acids is 1. The van der Waals surface area contributed by atoms with Gasteiger partial charge < -0.3 is 0 Å². The van der Waals surface area contributed by atoms with Crippen molar-refractivity contribution in [2.45, 2.75) is 89.6 Å². The summed E-state index contributed by atoms with van der Waals surface area (Å²) in [5, 5.41) is 0. The van der Waals surface area contributed by atoms with Gasteiger partial charge in [-0.15, -0.1) is 0 Å². The zero-order valence-electron chi connectivity index (χ0n) is 22.2. The Kier molecular flexibility index (Phi) is 11.4. The van der Waals surface area contributed by atoms with Gasteiger partial charge in [0.25, 0.3) is 0 Å². The summed E-state index contributed by atoms with van der Waals surface area (Å²) in [5.41, 5.74) is 2.52. The van der Waals surface area contributed by atoms with Crippen LogP contribution in [0.15, 0.2) is 60.7 Å². The molecule has 0 aromatic heterocycles. The SMILES string of the molecule is CCOC(=O)N(Cc1ccccc1)[C@H]([Se]c1ccccc1)[C@H](C)O[Si](C(C)C)(C(C)C)C(C)C. The molecule has 4 nitrogen and oxygen atoms in total. The van der Waals surface area contributed by atoms with Crippen LogP contribution in [-0.4, -0.2) is 51.9 Å². The van der Waals surface area contributed by atoms with Crippen molar-refractivity contribution < 1.29 is 14.0 Å². The number of benzene rings is 2. The molecule has 0 spiro atoms. The van der Waals surface area contributed by atoms with Gasteiger partial charge in [-0.2, -0.15) is 0 Å². The second-order valence-electron chi connectivity index (χ2n) is 9.77. The molecule has 6 heteroatoms. The van der Waals surface area contributed by atoms with Crippen LogP contribution in [0.2, 0.25) is 16.6 Å². The summed E-state index contributed by atoms with van der Waals surface area (Å²) in [4.78, 5) is 15.1. The molecule has 0 radical (unpaired) electrons. The molecule has 188 valence electrons. The van der Waals surface area contributed by atoms with E-state index in [1.807, 2.05) is 36.1 Å². The van der Waals surface area contributed by atoms with Crippen molar-refractivity contribution in [1.82, 2.24) is 4.90 Å². The molecule has 0 saturated carbocycles. The first-order valence-corrected chi connectivity index (χ1v) is 16.5. The molecule has 1 amide bonds. The molecule has 0 N–H and O–H groups in total. The van der Waals surface area contributed by atoms with E-state index in [1.165, 1.54) is 4.46 Å². The van der Waals surface area contributed by atoms with Crippen LogP contribution >= 0.6 is 0 Å². The molecule has 0 fully saturated rings. The molecule has 2 rings (SSSR count). The van der Waals surface area contributed by atoms with Gasteiger partial charge in [0.05, 0.1) is 0 Å². The van der Waals surface area contributed by atoms with E-state index in [2.05, 4.69) is 84.9 Å². The van der Waals surface area contributed by atoms with Crippen molar-refractivity contribution in [3.63, 3.8) is 0 Å². The Hall–Kier alpha value is -1.59. The van der Waals surface area contributed by atoms with Crippen LogP contribution in [0.25, 0.3) is 0 Å². The minimum atomic E-state index is -2.13. The van der Waals surface area contributed by atoms with Crippen LogP contribution in [0.1, 0.15) is 61.0 Å². The molecule has 34 heavy (non-hydrogen) atoms. The third-order valence-corrected chi connectivity index (χ3v) is 15.7. The van der Waals surface area contributed by atoms with Crippen molar-refractivity contribution in [3.05, 3.63) is 66.2 Å². The Morgan fingerprint density at radius 3 is 1.82 bits per heavy atom. The maximum absolute atomic E-state index is 13.3. The molecule has 0 aliphatic heterocycles. The monoisotopic (exact) mass is 549 g/mol. The Morgan fingerprint density at radius 1 is 0.853 bits per heavy atom. The summed E-state index contributed by atoms with van der Waals surface area (Å²) in [6.45, 7) is 18.7. The Bertz CT molecular complexity index is 839. The minimum absolute atomic E-state index is 0.00665. The second-order valence-corrected chi connectivity index (χ2v) is 17.7. The fourth-order valence-corrected chi connectivity index (χ4v) is 13.3. The number of carbonyl (C=O) groups is 1. The molecule has 2 aromatic carbocycles. The summed E-state index contributed by atoms with van der Waals surface area (Å²) >= 11 is -0.00665. The summed E-state index contributed by atoms with van der Waals surface area (Å²) in [6.07, 6.45) is -0.372. The number of hydrogen-bond acceptors (Lipinski definition) is 3. The number of nitrogens with zero attached hydrogens (tertiary/aromatic N) is 1. The first-order valence-electron chi connectivity index (χ1n) is 12.5. The second kappa shape index (κ2) is 13.5. The van der Waals surface area contributed by atoms with Crippen molar-refractivity contribution >= 4 is 33.8 Å². The molecule has 0 bridgehead atoms. The van der Waals surface area contributed by atoms with Crippen LogP contribution in [0.4, 0.5) is 4.79 Å². The molecular weight excluding hydrogens is 505 g/mol. The molecule has 0 aliphatic carbocycles. The van der Waals surface area contributed by atoms with Gasteiger partial charge in [-0.05, 0) is 0 Å². The van der Waals surface area contributed by atoms with Crippen LogP contribution in [0, 0.1) is 0 Å². The molecule has 0 saturated heterocycles.